The molecule has 1 aromatic rings. The van der Waals surface area contributed by atoms with Gasteiger partial charge in [0, 0.05) is 24.5 Å². The van der Waals surface area contributed by atoms with Crippen molar-refractivity contribution in [2.24, 2.45) is 11.7 Å². The summed E-state index contributed by atoms with van der Waals surface area (Å²) in [7, 11) is 0. The van der Waals surface area contributed by atoms with Crippen LogP contribution in [0, 0.1) is 5.92 Å². The van der Waals surface area contributed by atoms with E-state index in [1.54, 1.807) is 0 Å². The van der Waals surface area contributed by atoms with Gasteiger partial charge in [-0.25, -0.2) is 0 Å². The lowest BCUT2D eigenvalue weighted by Gasteiger charge is -2.25. The van der Waals surface area contributed by atoms with Crippen molar-refractivity contribution in [2.45, 2.75) is 50.7 Å². The molecule has 2 aliphatic carbocycles. The van der Waals surface area contributed by atoms with Crippen LogP contribution in [0.5, 0.6) is 0 Å². The number of benzene rings is 1. The summed E-state index contributed by atoms with van der Waals surface area (Å²) >= 11 is 0. The number of carbonyl (C=O) groups is 1. The molecule has 0 radical (unpaired) electrons. The summed E-state index contributed by atoms with van der Waals surface area (Å²) < 4.78 is 0. The second kappa shape index (κ2) is 6.59. The Hall–Kier alpha value is -1.06. The average Bonchev–Trinajstić information content (AvgIpc) is 3.18. The lowest BCUT2D eigenvalue weighted by atomic mass is 10.1. The Labute approximate surface area is 126 Å². The Morgan fingerprint density at radius 2 is 1.85 bits per heavy atom. The van der Waals surface area contributed by atoms with Gasteiger partial charge in [0.2, 0.25) is 5.91 Å². The van der Waals surface area contributed by atoms with Crippen LogP contribution < -0.4 is 5.73 Å². The van der Waals surface area contributed by atoms with Crippen LogP contribution in [0.4, 0.5) is 0 Å². The van der Waals surface area contributed by atoms with E-state index in [4.69, 9.17) is 5.73 Å². The summed E-state index contributed by atoms with van der Waals surface area (Å²) in [5, 5.41) is 0. The zero-order chi connectivity index (χ0) is 13.2. The molecule has 3 nitrogen and oxygen atoms in total. The molecule has 0 bridgehead atoms. The van der Waals surface area contributed by atoms with Crippen molar-refractivity contribution in [3.05, 3.63) is 35.9 Å². The highest BCUT2D eigenvalue weighted by atomic mass is 35.5. The number of amides is 1. The van der Waals surface area contributed by atoms with Crippen LogP contribution in [0.3, 0.4) is 0 Å². The minimum absolute atomic E-state index is 0. The molecule has 3 rings (SSSR count). The van der Waals surface area contributed by atoms with Gasteiger partial charge in [0.1, 0.15) is 0 Å². The lowest BCUT2D eigenvalue weighted by Crippen LogP contribution is -2.37. The van der Waals surface area contributed by atoms with Crippen LogP contribution in [0.2, 0.25) is 0 Å². The fraction of sp³-hybridized carbons (Fsp3) is 0.562. The summed E-state index contributed by atoms with van der Waals surface area (Å²) in [5.74, 6) is 0.499. The first kappa shape index (κ1) is 15.3. The van der Waals surface area contributed by atoms with Crippen LogP contribution >= 0.6 is 12.4 Å². The molecule has 0 heterocycles. The largest absolute Gasteiger partial charge is 0.335 e. The van der Waals surface area contributed by atoms with Crippen molar-refractivity contribution in [3.63, 3.8) is 0 Å². The zero-order valence-electron chi connectivity index (χ0n) is 11.7. The minimum Gasteiger partial charge on any atom is -0.335 e. The number of nitrogens with zero attached hydrogens (tertiary/aromatic N) is 1. The van der Waals surface area contributed by atoms with Gasteiger partial charge in [-0.05, 0) is 37.7 Å². The first-order valence-electron chi connectivity index (χ1n) is 7.34. The predicted octanol–water partition coefficient (Wildman–Crippen LogP) is 2.73. The van der Waals surface area contributed by atoms with Gasteiger partial charge in [-0.3, -0.25) is 4.79 Å². The topological polar surface area (TPSA) is 46.3 Å². The van der Waals surface area contributed by atoms with Crippen LogP contribution in [-0.4, -0.2) is 22.9 Å². The second-order valence-corrected chi connectivity index (χ2v) is 5.95. The van der Waals surface area contributed by atoms with E-state index in [-0.39, 0.29) is 24.4 Å². The fourth-order valence-electron chi connectivity index (χ4n) is 3.03. The Morgan fingerprint density at radius 3 is 2.40 bits per heavy atom. The average molecular weight is 295 g/mol. The molecule has 0 aliphatic heterocycles. The monoisotopic (exact) mass is 294 g/mol. The maximum absolute atomic E-state index is 12.6. The predicted molar refractivity (Wildman–Crippen MR) is 82.6 cm³/mol. The molecule has 0 spiro atoms. The molecule has 2 unspecified atom stereocenters. The van der Waals surface area contributed by atoms with Crippen molar-refractivity contribution >= 4 is 18.3 Å². The van der Waals surface area contributed by atoms with Crippen LogP contribution in [0.15, 0.2) is 30.3 Å². The molecule has 4 heteroatoms. The molecule has 1 aromatic carbocycles. The molecule has 110 valence electrons. The van der Waals surface area contributed by atoms with Crippen molar-refractivity contribution in [1.82, 2.24) is 4.90 Å². The molecule has 2 N–H and O–H groups in total. The fourth-order valence-corrected chi connectivity index (χ4v) is 3.03. The maximum atomic E-state index is 12.6. The highest BCUT2D eigenvalue weighted by Crippen LogP contribution is 2.33. The lowest BCUT2D eigenvalue weighted by molar-refractivity contribution is -0.136. The van der Waals surface area contributed by atoms with E-state index in [9.17, 15) is 4.79 Å². The highest BCUT2D eigenvalue weighted by molar-refractivity contribution is 5.85. The van der Waals surface area contributed by atoms with Gasteiger partial charge in [0.15, 0.2) is 0 Å². The first-order valence-corrected chi connectivity index (χ1v) is 7.34. The molecular weight excluding hydrogens is 272 g/mol. The van der Waals surface area contributed by atoms with Gasteiger partial charge in [0.25, 0.3) is 0 Å². The van der Waals surface area contributed by atoms with Crippen LogP contribution in [0.25, 0.3) is 0 Å². The Balaban J connectivity index is 0.00000147. The van der Waals surface area contributed by atoms with Crippen LogP contribution in [-0.2, 0) is 11.3 Å². The molecule has 2 atom stereocenters. The molecule has 2 fully saturated rings. The van der Waals surface area contributed by atoms with Gasteiger partial charge in [-0.2, -0.15) is 0 Å². The summed E-state index contributed by atoms with van der Waals surface area (Å²) in [6.45, 7) is 0.760. The smallest absolute Gasteiger partial charge is 0.226 e. The molecular formula is C16H23ClN2O. The Kier molecular flexibility index (Phi) is 5.06. The molecule has 1 amide bonds. The summed E-state index contributed by atoms with van der Waals surface area (Å²) in [5.41, 5.74) is 7.16. The summed E-state index contributed by atoms with van der Waals surface area (Å²) in [6, 6.07) is 11.0. The number of hydrogen-bond acceptors (Lipinski definition) is 2. The Bertz CT molecular complexity index is 447. The van der Waals surface area contributed by atoms with Crippen molar-refractivity contribution in [1.29, 1.82) is 0 Å². The summed E-state index contributed by atoms with van der Waals surface area (Å²) in [4.78, 5) is 14.7. The van der Waals surface area contributed by atoms with E-state index in [1.807, 2.05) is 18.2 Å². The van der Waals surface area contributed by atoms with Gasteiger partial charge < -0.3 is 10.6 Å². The minimum atomic E-state index is 0. The maximum Gasteiger partial charge on any atom is 0.226 e. The third-order valence-electron chi connectivity index (χ3n) is 4.29. The molecule has 2 aliphatic rings. The standard InChI is InChI=1S/C16H22N2O.ClH/c17-14-7-6-13(10-14)16(19)18(15-8-9-15)11-12-4-2-1-3-5-12;/h1-5,13-15H,6-11,17H2;1H. The molecule has 2 saturated carbocycles. The quantitative estimate of drug-likeness (QED) is 0.928. The zero-order valence-corrected chi connectivity index (χ0v) is 12.5. The first-order chi connectivity index (χ1) is 9.24. The SMILES string of the molecule is Cl.NC1CCC(C(=O)N(Cc2ccccc2)C2CC2)C1. The highest BCUT2D eigenvalue weighted by Gasteiger charge is 2.37. The van der Waals surface area contributed by atoms with Gasteiger partial charge in [-0.1, -0.05) is 30.3 Å². The number of rotatable bonds is 4. The number of nitrogens with two attached hydrogens (primary N) is 1. The molecule has 20 heavy (non-hydrogen) atoms. The van der Waals surface area contributed by atoms with E-state index < -0.39 is 0 Å². The van der Waals surface area contributed by atoms with Crippen molar-refractivity contribution in [2.75, 3.05) is 0 Å². The van der Waals surface area contributed by atoms with Crippen molar-refractivity contribution < 1.29 is 4.79 Å². The van der Waals surface area contributed by atoms with E-state index >= 15 is 0 Å². The number of carbonyl (C=O) groups excluding carboxylic acids is 1. The third kappa shape index (κ3) is 3.53. The van der Waals surface area contributed by atoms with Crippen LogP contribution in [0.1, 0.15) is 37.7 Å². The van der Waals surface area contributed by atoms with E-state index in [1.165, 1.54) is 5.56 Å². The number of hydrogen-bond donors (Lipinski definition) is 1. The van der Waals surface area contributed by atoms with E-state index in [2.05, 4.69) is 17.0 Å². The third-order valence-corrected chi connectivity index (χ3v) is 4.29. The number of halogens is 1. The van der Waals surface area contributed by atoms with Gasteiger partial charge >= 0.3 is 0 Å². The Morgan fingerprint density at radius 1 is 1.15 bits per heavy atom. The van der Waals surface area contributed by atoms with Crippen molar-refractivity contribution in [3.8, 4) is 0 Å². The normalized spacial score (nSPS) is 25.1. The van der Waals surface area contributed by atoms with E-state index in [0.29, 0.717) is 11.9 Å². The van der Waals surface area contributed by atoms with Gasteiger partial charge in [0.05, 0.1) is 0 Å². The second-order valence-electron chi connectivity index (χ2n) is 5.95. The summed E-state index contributed by atoms with van der Waals surface area (Å²) in [6.07, 6.45) is 5.17. The van der Waals surface area contributed by atoms with E-state index in [0.717, 1.165) is 38.6 Å². The molecule has 0 saturated heterocycles. The molecule has 0 aromatic heterocycles. The van der Waals surface area contributed by atoms with Gasteiger partial charge in [-0.15, -0.1) is 12.4 Å².